The molecule has 0 amide bonds. The Labute approximate surface area is 173 Å². The summed E-state index contributed by atoms with van der Waals surface area (Å²) in [5.74, 6) is 0.970. The van der Waals surface area contributed by atoms with E-state index >= 15 is 0 Å². The molecule has 0 radical (unpaired) electrons. The van der Waals surface area contributed by atoms with Crippen molar-refractivity contribution in [2.75, 3.05) is 11.9 Å². The Balaban J connectivity index is 1.25. The molecule has 1 saturated carbocycles. The van der Waals surface area contributed by atoms with Gasteiger partial charge in [0.1, 0.15) is 29.6 Å². The van der Waals surface area contributed by atoms with Crippen LogP contribution in [0.4, 0.5) is 5.69 Å². The number of hydrogen-bond donors (Lipinski definition) is 2. The first-order valence-electron chi connectivity index (χ1n) is 10.1. The molecule has 0 atom stereocenters. The maximum atomic E-state index is 9.19. The predicted octanol–water partition coefficient (Wildman–Crippen LogP) is 3.73. The van der Waals surface area contributed by atoms with Gasteiger partial charge < -0.3 is 10.3 Å². The lowest BCUT2D eigenvalue weighted by Crippen LogP contribution is -2.21. The quantitative estimate of drug-likeness (QED) is 0.542. The molecule has 2 N–H and O–H groups in total. The lowest BCUT2D eigenvalue weighted by atomic mass is 9.80. The average Bonchev–Trinajstić information content (AvgIpc) is 3.44. The highest BCUT2D eigenvalue weighted by Gasteiger charge is 2.26. The molecule has 3 heterocycles. The second kappa shape index (κ2) is 7.49. The first kappa shape index (κ1) is 18.1. The molecule has 148 valence electrons. The first-order chi connectivity index (χ1) is 14.8. The lowest BCUT2D eigenvalue weighted by Gasteiger charge is -2.28. The number of H-pyrrole nitrogens is 1. The molecule has 8 heteroatoms. The van der Waals surface area contributed by atoms with E-state index in [9.17, 15) is 5.26 Å². The molecular weight excluding hydrogens is 376 g/mol. The number of aromatic amines is 1. The van der Waals surface area contributed by atoms with Gasteiger partial charge in [-0.1, -0.05) is 5.21 Å². The summed E-state index contributed by atoms with van der Waals surface area (Å²) in [6.07, 6.45) is 7.99. The van der Waals surface area contributed by atoms with Gasteiger partial charge in [-0.2, -0.15) is 10.5 Å². The van der Waals surface area contributed by atoms with Crippen LogP contribution in [-0.2, 0) is 0 Å². The minimum Gasteiger partial charge on any atom is -0.385 e. The summed E-state index contributed by atoms with van der Waals surface area (Å²) in [6, 6.07) is 11.5. The summed E-state index contributed by atoms with van der Waals surface area (Å²) in [7, 11) is 0. The van der Waals surface area contributed by atoms with E-state index in [1.807, 2.05) is 18.3 Å². The number of nitrogens with zero attached hydrogens (tertiary/aromatic N) is 6. The van der Waals surface area contributed by atoms with Crippen LogP contribution in [0.1, 0.15) is 48.4 Å². The van der Waals surface area contributed by atoms with Gasteiger partial charge in [-0.05, 0) is 55.9 Å². The van der Waals surface area contributed by atoms with Crippen LogP contribution in [0.3, 0.4) is 0 Å². The molecule has 3 aromatic heterocycles. The summed E-state index contributed by atoms with van der Waals surface area (Å²) in [4.78, 5) is 7.54. The zero-order chi connectivity index (χ0) is 20.5. The van der Waals surface area contributed by atoms with Crippen LogP contribution in [0.15, 0.2) is 36.8 Å². The number of rotatable bonds is 4. The Kier molecular flexibility index (Phi) is 4.53. The van der Waals surface area contributed by atoms with Crippen molar-refractivity contribution in [1.82, 2.24) is 24.8 Å². The highest BCUT2D eigenvalue weighted by atomic mass is 15.4. The highest BCUT2D eigenvalue weighted by molar-refractivity contribution is 5.92. The number of anilines is 1. The number of hydrogen-bond acceptors (Lipinski definition) is 6. The third-order valence-corrected chi connectivity index (χ3v) is 6.09. The molecule has 0 spiro atoms. The molecule has 1 aromatic carbocycles. The zero-order valence-electron chi connectivity index (χ0n) is 16.3. The topological polar surface area (TPSA) is 118 Å². The third-order valence-electron chi connectivity index (χ3n) is 6.09. The highest BCUT2D eigenvalue weighted by Crippen LogP contribution is 2.37. The summed E-state index contributed by atoms with van der Waals surface area (Å²) in [6.45, 7) is 0.859. The fraction of sp³-hybridized carbons (Fsp3) is 0.318. The molecule has 8 nitrogen and oxygen atoms in total. The van der Waals surface area contributed by atoms with Crippen LogP contribution in [-0.4, -0.2) is 31.3 Å². The average molecular weight is 396 g/mol. The summed E-state index contributed by atoms with van der Waals surface area (Å²) >= 11 is 0. The number of benzene rings is 1. The summed E-state index contributed by atoms with van der Waals surface area (Å²) < 4.78 is 1.77. The van der Waals surface area contributed by atoms with Gasteiger partial charge in [-0.25, -0.2) is 9.50 Å². The van der Waals surface area contributed by atoms with E-state index in [4.69, 9.17) is 5.26 Å². The minimum atomic E-state index is 0.402. The second-order valence-electron chi connectivity index (χ2n) is 7.83. The van der Waals surface area contributed by atoms with Crippen molar-refractivity contribution in [3.63, 3.8) is 0 Å². The van der Waals surface area contributed by atoms with Crippen LogP contribution >= 0.6 is 0 Å². The molecule has 1 aliphatic carbocycles. The van der Waals surface area contributed by atoms with Crippen LogP contribution in [0.5, 0.6) is 0 Å². The van der Waals surface area contributed by atoms with Crippen molar-refractivity contribution in [3.8, 4) is 12.1 Å². The van der Waals surface area contributed by atoms with Crippen LogP contribution in [0.25, 0.3) is 16.6 Å². The monoisotopic (exact) mass is 396 g/mol. The van der Waals surface area contributed by atoms with E-state index in [-0.39, 0.29) is 0 Å². The summed E-state index contributed by atoms with van der Waals surface area (Å²) in [5.41, 5.74) is 4.71. The fourth-order valence-electron chi connectivity index (χ4n) is 4.44. The number of aromatic nitrogens is 5. The van der Waals surface area contributed by atoms with Crippen LogP contribution < -0.4 is 5.32 Å². The SMILES string of the molecule is N#Cc1ccc(NCC2CCC(c3nnn4cnc5[nH]ccc5c34)CC2)cc1C#N. The van der Waals surface area contributed by atoms with Gasteiger partial charge in [-0.3, -0.25) is 0 Å². The van der Waals surface area contributed by atoms with Gasteiger partial charge in [0, 0.05) is 29.7 Å². The number of fused-ring (bicyclic) bond motifs is 3. The van der Waals surface area contributed by atoms with Crippen molar-refractivity contribution >= 4 is 22.2 Å². The normalized spacial score (nSPS) is 18.9. The largest absolute Gasteiger partial charge is 0.385 e. The van der Waals surface area contributed by atoms with E-state index in [1.165, 1.54) is 0 Å². The van der Waals surface area contributed by atoms with Crippen molar-refractivity contribution in [3.05, 3.63) is 53.6 Å². The van der Waals surface area contributed by atoms with Crippen LogP contribution in [0, 0.1) is 28.6 Å². The molecule has 1 fully saturated rings. The minimum absolute atomic E-state index is 0.402. The standard InChI is InChI=1S/C22H20N8/c23-10-16-5-6-18(9-17(16)11-24)26-12-14-1-3-15(4-2-14)20-21-19-7-8-25-22(19)27-13-30(21)29-28-20/h5-9,13-15,25-26H,1-4,12H2. The molecule has 5 rings (SSSR count). The number of nitriles is 2. The van der Waals surface area contributed by atoms with Gasteiger partial charge in [0.05, 0.1) is 16.8 Å². The molecule has 0 saturated heterocycles. The van der Waals surface area contributed by atoms with E-state index in [1.54, 1.807) is 23.0 Å². The predicted molar refractivity (Wildman–Crippen MR) is 112 cm³/mol. The van der Waals surface area contributed by atoms with Crippen molar-refractivity contribution in [2.45, 2.75) is 31.6 Å². The van der Waals surface area contributed by atoms with E-state index < -0.39 is 0 Å². The Hall–Kier alpha value is -3.91. The maximum Gasteiger partial charge on any atom is 0.141 e. The third kappa shape index (κ3) is 3.13. The van der Waals surface area contributed by atoms with E-state index in [2.05, 4.69) is 37.7 Å². The van der Waals surface area contributed by atoms with Crippen molar-refractivity contribution in [2.24, 2.45) is 5.92 Å². The Morgan fingerprint density at radius 2 is 1.93 bits per heavy atom. The first-order valence-corrected chi connectivity index (χ1v) is 10.1. The van der Waals surface area contributed by atoms with Gasteiger partial charge in [0.25, 0.3) is 0 Å². The maximum absolute atomic E-state index is 9.19. The fourth-order valence-corrected chi connectivity index (χ4v) is 4.44. The molecule has 0 unspecified atom stereocenters. The smallest absolute Gasteiger partial charge is 0.141 e. The Morgan fingerprint density at radius 3 is 2.73 bits per heavy atom. The molecule has 1 aliphatic rings. The molecule has 4 aromatic rings. The van der Waals surface area contributed by atoms with Gasteiger partial charge in [0.2, 0.25) is 0 Å². The van der Waals surface area contributed by atoms with Crippen molar-refractivity contribution < 1.29 is 0 Å². The zero-order valence-corrected chi connectivity index (χ0v) is 16.3. The van der Waals surface area contributed by atoms with Gasteiger partial charge in [-0.15, -0.1) is 5.10 Å². The van der Waals surface area contributed by atoms with E-state index in [0.29, 0.717) is 23.0 Å². The lowest BCUT2D eigenvalue weighted by molar-refractivity contribution is 0.336. The van der Waals surface area contributed by atoms with Gasteiger partial charge >= 0.3 is 0 Å². The van der Waals surface area contributed by atoms with Crippen LogP contribution in [0.2, 0.25) is 0 Å². The summed E-state index contributed by atoms with van der Waals surface area (Å²) in [5, 5.41) is 31.5. The molecule has 30 heavy (non-hydrogen) atoms. The second-order valence-corrected chi connectivity index (χ2v) is 7.83. The molecular formula is C22H20N8. The Morgan fingerprint density at radius 1 is 1.10 bits per heavy atom. The van der Waals surface area contributed by atoms with Crippen molar-refractivity contribution in [1.29, 1.82) is 10.5 Å². The van der Waals surface area contributed by atoms with E-state index in [0.717, 1.165) is 60.2 Å². The van der Waals surface area contributed by atoms with Gasteiger partial charge in [0.15, 0.2) is 0 Å². The molecule has 0 bridgehead atoms. The number of nitrogens with one attached hydrogen (secondary N) is 2. The Bertz CT molecular complexity index is 1290. The molecule has 0 aliphatic heterocycles.